The number of hydrogen-bond donors (Lipinski definition) is 1. The van der Waals surface area contributed by atoms with Crippen LogP contribution in [-0.4, -0.2) is 30.9 Å². The molecule has 0 saturated carbocycles. The van der Waals surface area contributed by atoms with Gasteiger partial charge in [-0.15, -0.1) is 0 Å². The maximum atomic E-state index is 12.7. The van der Waals surface area contributed by atoms with Crippen molar-refractivity contribution in [2.45, 2.75) is 47.0 Å². The highest BCUT2D eigenvalue weighted by Crippen LogP contribution is 2.33. The molecule has 0 unspecified atom stereocenters. The van der Waals surface area contributed by atoms with Crippen LogP contribution in [0.5, 0.6) is 11.5 Å². The van der Waals surface area contributed by atoms with Crippen molar-refractivity contribution in [2.75, 3.05) is 23.4 Å². The third kappa shape index (κ3) is 6.68. The van der Waals surface area contributed by atoms with Crippen molar-refractivity contribution in [3.8, 4) is 11.5 Å². The van der Waals surface area contributed by atoms with Crippen molar-refractivity contribution in [3.05, 3.63) is 81.3 Å². The van der Waals surface area contributed by atoms with Crippen LogP contribution in [0, 0.1) is 26.7 Å². The van der Waals surface area contributed by atoms with E-state index in [4.69, 9.17) is 9.47 Å². The molecule has 3 aromatic carbocycles. The van der Waals surface area contributed by atoms with E-state index in [1.165, 1.54) is 0 Å². The molecule has 204 valence electrons. The number of aryl methyl sites for hydroxylation is 1. The van der Waals surface area contributed by atoms with Gasteiger partial charge in [0.1, 0.15) is 11.5 Å². The number of anilines is 2. The third-order valence-corrected chi connectivity index (χ3v) is 7.83. The molecule has 1 saturated heterocycles. The summed E-state index contributed by atoms with van der Waals surface area (Å²) in [5, 5.41) is 2.78. The summed E-state index contributed by atoms with van der Waals surface area (Å²) in [6, 6.07) is 17.1. The lowest BCUT2D eigenvalue weighted by atomic mass is 10.0. The largest absolute Gasteiger partial charge is 0.457 e. The van der Waals surface area contributed by atoms with E-state index in [0.717, 1.165) is 32.5 Å². The Bertz CT molecular complexity index is 1400. The first kappa shape index (κ1) is 28.4. The Hall–Kier alpha value is -3.65. The van der Waals surface area contributed by atoms with Gasteiger partial charge in [0.05, 0.1) is 5.92 Å². The fourth-order valence-electron chi connectivity index (χ4n) is 4.51. The lowest BCUT2D eigenvalue weighted by Crippen LogP contribution is -2.28. The molecule has 7 nitrogen and oxygen atoms in total. The number of nitrogens with one attached hydrogen (secondary N) is 1. The second kappa shape index (κ2) is 12.0. The normalized spacial score (nSPS) is 15.0. The summed E-state index contributed by atoms with van der Waals surface area (Å²) in [4.78, 5) is 39.3. The smallest absolute Gasteiger partial charge is 0.311 e. The van der Waals surface area contributed by atoms with Gasteiger partial charge in [0.2, 0.25) is 5.91 Å². The van der Waals surface area contributed by atoms with Crippen molar-refractivity contribution in [3.63, 3.8) is 0 Å². The minimum absolute atomic E-state index is 0.0325. The third-order valence-electron chi connectivity index (χ3n) is 6.97. The highest BCUT2D eigenvalue weighted by atomic mass is 79.9. The van der Waals surface area contributed by atoms with E-state index in [0.29, 0.717) is 23.0 Å². The Labute approximate surface area is 237 Å². The van der Waals surface area contributed by atoms with Gasteiger partial charge in [0.15, 0.2) is 6.61 Å². The monoisotopic (exact) mass is 592 g/mol. The Morgan fingerprint density at radius 2 is 1.74 bits per heavy atom. The van der Waals surface area contributed by atoms with E-state index in [1.54, 1.807) is 11.0 Å². The molecule has 1 atom stereocenters. The molecular weight excluding hydrogens is 560 g/mol. The van der Waals surface area contributed by atoms with Crippen LogP contribution >= 0.6 is 15.9 Å². The predicted octanol–water partition coefficient (Wildman–Crippen LogP) is 6.82. The fourth-order valence-corrected chi connectivity index (χ4v) is 4.94. The number of ether oxygens (including phenoxy) is 2. The molecule has 1 aliphatic rings. The van der Waals surface area contributed by atoms with E-state index in [9.17, 15) is 14.4 Å². The van der Waals surface area contributed by atoms with Gasteiger partial charge < -0.3 is 19.7 Å². The number of benzene rings is 3. The first-order valence-electron chi connectivity index (χ1n) is 12.9. The minimum Gasteiger partial charge on any atom is -0.457 e. The van der Waals surface area contributed by atoms with Gasteiger partial charge in [0.25, 0.3) is 5.91 Å². The van der Waals surface area contributed by atoms with Gasteiger partial charge in [-0.25, -0.2) is 0 Å². The standard InChI is InChI=1S/C31H33BrN2O5/c1-18(2)25-11-6-19(3)14-28(25)39-24-9-7-23(8-10-24)34-16-22(15-30(34)36)31(37)38-17-29(35)33-27-13-12-26(32)20(4)21(27)5/h6-14,18,22H,15-17H2,1-5H3,(H,33,35)/t22-/m0/s1. The lowest BCUT2D eigenvalue weighted by molar-refractivity contribution is -0.151. The summed E-state index contributed by atoms with van der Waals surface area (Å²) in [6.07, 6.45) is 0.0325. The molecule has 4 rings (SSSR count). The van der Waals surface area contributed by atoms with Crippen molar-refractivity contribution in [1.82, 2.24) is 0 Å². The van der Waals surface area contributed by atoms with E-state index in [1.807, 2.05) is 57.2 Å². The second-order valence-electron chi connectivity index (χ2n) is 10.2. The topological polar surface area (TPSA) is 84.9 Å². The highest BCUT2D eigenvalue weighted by Gasteiger charge is 2.36. The Kier molecular flexibility index (Phi) is 8.75. The molecular formula is C31H33BrN2O5. The quantitative estimate of drug-likeness (QED) is 0.290. The highest BCUT2D eigenvalue weighted by molar-refractivity contribution is 9.10. The van der Waals surface area contributed by atoms with E-state index < -0.39 is 24.4 Å². The fraction of sp³-hybridized carbons (Fsp3) is 0.323. The van der Waals surface area contributed by atoms with E-state index in [-0.39, 0.29) is 18.9 Å². The van der Waals surface area contributed by atoms with Gasteiger partial charge in [-0.2, -0.15) is 0 Å². The number of esters is 1. The number of halogens is 1. The average molecular weight is 594 g/mol. The number of hydrogen-bond acceptors (Lipinski definition) is 5. The second-order valence-corrected chi connectivity index (χ2v) is 11.1. The van der Waals surface area contributed by atoms with Crippen LogP contribution in [-0.2, 0) is 19.1 Å². The van der Waals surface area contributed by atoms with Gasteiger partial charge in [-0.3, -0.25) is 14.4 Å². The van der Waals surface area contributed by atoms with Crippen LogP contribution in [0.4, 0.5) is 11.4 Å². The van der Waals surface area contributed by atoms with Crippen LogP contribution in [0.25, 0.3) is 0 Å². The zero-order valence-electron chi connectivity index (χ0n) is 22.8. The molecule has 0 aromatic heterocycles. The van der Waals surface area contributed by atoms with Crippen LogP contribution in [0.1, 0.15) is 48.4 Å². The summed E-state index contributed by atoms with van der Waals surface area (Å²) >= 11 is 3.47. The van der Waals surface area contributed by atoms with Crippen molar-refractivity contribution >= 4 is 45.1 Å². The van der Waals surface area contributed by atoms with Gasteiger partial charge in [-0.1, -0.05) is 41.9 Å². The zero-order chi connectivity index (χ0) is 28.3. The minimum atomic E-state index is -0.640. The molecule has 39 heavy (non-hydrogen) atoms. The average Bonchev–Trinajstić information content (AvgIpc) is 3.29. The Balaban J connectivity index is 1.33. The number of amides is 2. The lowest BCUT2D eigenvalue weighted by Gasteiger charge is -2.18. The molecule has 3 aromatic rings. The van der Waals surface area contributed by atoms with Crippen molar-refractivity contribution in [1.29, 1.82) is 0 Å². The molecule has 0 aliphatic carbocycles. The zero-order valence-corrected chi connectivity index (χ0v) is 24.4. The molecule has 0 spiro atoms. The molecule has 0 bridgehead atoms. The van der Waals surface area contributed by atoms with E-state index >= 15 is 0 Å². The molecule has 1 N–H and O–H groups in total. The van der Waals surface area contributed by atoms with Gasteiger partial charge in [0, 0.05) is 28.8 Å². The maximum absolute atomic E-state index is 12.7. The molecule has 1 fully saturated rings. The number of rotatable bonds is 8. The Morgan fingerprint density at radius 1 is 1.03 bits per heavy atom. The first-order valence-corrected chi connectivity index (χ1v) is 13.7. The number of carbonyl (C=O) groups is 3. The van der Waals surface area contributed by atoms with Crippen molar-refractivity contribution < 1.29 is 23.9 Å². The summed E-state index contributed by atoms with van der Waals surface area (Å²) in [5.41, 5.74) is 5.52. The van der Waals surface area contributed by atoms with Crippen LogP contribution < -0.4 is 15.0 Å². The van der Waals surface area contributed by atoms with Crippen LogP contribution in [0.2, 0.25) is 0 Å². The molecule has 1 heterocycles. The maximum Gasteiger partial charge on any atom is 0.311 e. The summed E-state index contributed by atoms with van der Waals surface area (Å²) in [5.74, 6) is -0.0117. The number of nitrogens with zero attached hydrogens (tertiary/aromatic N) is 1. The first-order chi connectivity index (χ1) is 18.5. The van der Waals surface area contributed by atoms with Crippen LogP contribution in [0.15, 0.2) is 59.1 Å². The molecule has 1 aliphatic heterocycles. The van der Waals surface area contributed by atoms with Gasteiger partial charge >= 0.3 is 5.97 Å². The predicted molar refractivity (Wildman–Crippen MR) is 155 cm³/mol. The van der Waals surface area contributed by atoms with E-state index in [2.05, 4.69) is 47.2 Å². The van der Waals surface area contributed by atoms with Crippen molar-refractivity contribution in [2.24, 2.45) is 5.92 Å². The SMILES string of the molecule is Cc1ccc(C(C)C)c(Oc2ccc(N3C[C@@H](C(=O)OCC(=O)Nc4ccc(Br)c(C)c4C)CC3=O)cc2)c1. The van der Waals surface area contributed by atoms with Crippen LogP contribution in [0.3, 0.4) is 0 Å². The summed E-state index contributed by atoms with van der Waals surface area (Å²) in [7, 11) is 0. The summed E-state index contributed by atoms with van der Waals surface area (Å²) in [6.45, 7) is 9.91. The molecule has 0 radical (unpaired) electrons. The Morgan fingerprint density at radius 3 is 2.44 bits per heavy atom. The number of carbonyl (C=O) groups excluding carboxylic acids is 3. The molecule has 8 heteroatoms. The summed E-state index contributed by atoms with van der Waals surface area (Å²) < 4.78 is 12.4. The molecule has 2 amide bonds. The van der Waals surface area contributed by atoms with Gasteiger partial charge in [-0.05, 0) is 91.4 Å².